The Labute approximate surface area is 101 Å². The lowest BCUT2D eigenvalue weighted by molar-refractivity contribution is -0.136. The van der Waals surface area contributed by atoms with Crippen LogP contribution < -0.4 is 0 Å². The molecule has 1 atom stereocenters. The first kappa shape index (κ1) is 13.2. The maximum Gasteiger partial charge on any atom is 0.255 e. The Kier molecular flexibility index (Phi) is 5.89. The van der Waals surface area contributed by atoms with Crippen LogP contribution in [0.2, 0.25) is 0 Å². The van der Waals surface area contributed by atoms with E-state index in [1.807, 2.05) is 0 Å². The molecule has 1 aliphatic rings. The number of hydrogen-bond acceptors (Lipinski definition) is 2. The highest BCUT2D eigenvalue weighted by Gasteiger charge is 2.28. The molecule has 2 nitrogen and oxygen atoms in total. The van der Waals surface area contributed by atoms with Crippen molar-refractivity contribution in [3.05, 3.63) is 0 Å². The summed E-state index contributed by atoms with van der Waals surface area (Å²) in [6.45, 7) is -0.0735. The molecule has 6 heteroatoms. The second kappa shape index (κ2) is 6.68. The summed E-state index contributed by atoms with van der Waals surface area (Å²) in [6, 6.07) is 0. The van der Waals surface area contributed by atoms with E-state index in [2.05, 4.69) is 15.9 Å². The molecule has 0 aromatic rings. The normalized spacial score (nSPS) is 20.9. The fourth-order valence-corrected chi connectivity index (χ4v) is 3.19. The molecule has 0 saturated carbocycles. The number of thioether (sulfide) groups is 1. The van der Waals surface area contributed by atoms with Gasteiger partial charge >= 0.3 is 0 Å². The highest BCUT2D eigenvalue weighted by Crippen LogP contribution is 2.25. The largest absolute Gasteiger partial charge is 0.336 e. The van der Waals surface area contributed by atoms with Gasteiger partial charge in [0.15, 0.2) is 0 Å². The van der Waals surface area contributed by atoms with Gasteiger partial charge in [0.05, 0.1) is 6.54 Å². The van der Waals surface area contributed by atoms with Crippen LogP contribution in [0.4, 0.5) is 8.78 Å². The molecule has 1 saturated heterocycles. The van der Waals surface area contributed by atoms with Crippen molar-refractivity contribution < 1.29 is 13.6 Å². The van der Waals surface area contributed by atoms with E-state index in [-0.39, 0.29) is 11.8 Å². The van der Waals surface area contributed by atoms with E-state index >= 15 is 0 Å². The summed E-state index contributed by atoms with van der Waals surface area (Å²) in [7, 11) is 0. The number of nitrogens with zero attached hydrogens (tertiary/aromatic N) is 1. The van der Waals surface area contributed by atoms with Gasteiger partial charge in [-0.15, -0.1) is 0 Å². The van der Waals surface area contributed by atoms with E-state index in [1.165, 1.54) is 4.90 Å². The fourth-order valence-electron chi connectivity index (χ4n) is 1.55. The summed E-state index contributed by atoms with van der Waals surface area (Å²) in [5.41, 5.74) is 0. The molecule has 0 bridgehead atoms. The van der Waals surface area contributed by atoms with Gasteiger partial charge in [0.2, 0.25) is 5.91 Å². The molecule has 1 fully saturated rings. The number of carbonyl (C=O) groups is 1. The monoisotopic (exact) mass is 301 g/mol. The molecule has 0 aromatic carbocycles. The molecule has 1 amide bonds. The summed E-state index contributed by atoms with van der Waals surface area (Å²) in [6.07, 6.45) is -1.62. The summed E-state index contributed by atoms with van der Waals surface area (Å²) < 4.78 is 24.5. The zero-order valence-corrected chi connectivity index (χ0v) is 10.7. The lowest BCUT2D eigenvalue weighted by Gasteiger charge is -2.24. The first-order valence-electron chi connectivity index (χ1n) is 4.85. The van der Waals surface area contributed by atoms with Gasteiger partial charge in [-0.05, 0) is 12.2 Å². The van der Waals surface area contributed by atoms with E-state index in [9.17, 15) is 13.6 Å². The molecular weight excluding hydrogens is 288 g/mol. The maximum atomic E-state index is 12.2. The number of amides is 1. The Balaban J connectivity index is 2.49. The van der Waals surface area contributed by atoms with E-state index in [0.717, 1.165) is 17.9 Å². The summed E-state index contributed by atoms with van der Waals surface area (Å²) in [4.78, 5) is 13.1. The lowest BCUT2D eigenvalue weighted by atomic mass is 10.1. The smallest absolute Gasteiger partial charge is 0.255 e. The predicted molar refractivity (Wildman–Crippen MR) is 61.8 cm³/mol. The molecule has 1 aliphatic heterocycles. The van der Waals surface area contributed by atoms with Crippen LogP contribution in [-0.2, 0) is 4.79 Å². The summed E-state index contributed by atoms with van der Waals surface area (Å²) in [5, 5.41) is 0.547. The van der Waals surface area contributed by atoms with Gasteiger partial charge in [0, 0.05) is 23.5 Å². The third kappa shape index (κ3) is 4.26. The number of alkyl halides is 3. The summed E-state index contributed by atoms with van der Waals surface area (Å²) >= 11 is 4.89. The predicted octanol–water partition coefficient (Wildman–Crippen LogP) is 2.23. The topological polar surface area (TPSA) is 20.3 Å². The van der Waals surface area contributed by atoms with Crippen LogP contribution in [-0.4, -0.2) is 47.2 Å². The van der Waals surface area contributed by atoms with Crippen LogP contribution in [0.15, 0.2) is 0 Å². The average molecular weight is 302 g/mol. The zero-order valence-electron chi connectivity index (χ0n) is 8.29. The fraction of sp³-hybridized carbons (Fsp3) is 0.889. The second-order valence-electron chi connectivity index (χ2n) is 3.42. The first-order chi connectivity index (χ1) is 7.15. The minimum Gasteiger partial charge on any atom is -0.336 e. The van der Waals surface area contributed by atoms with Gasteiger partial charge < -0.3 is 4.90 Å². The third-order valence-electron chi connectivity index (χ3n) is 2.30. The van der Waals surface area contributed by atoms with E-state index < -0.39 is 13.0 Å². The first-order valence-corrected chi connectivity index (χ1v) is 7.13. The van der Waals surface area contributed by atoms with Gasteiger partial charge in [0.1, 0.15) is 0 Å². The van der Waals surface area contributed by atoms with Gasteiger partial charge in [-0.2, -0.15) is 11.8 Å². The molecule has 0 N–H and O–H groups in total. The summed E-state index contributed by atoms with van der Waals surface area (Å²) in [5.74, 6) is 1.58. The molecule has 15 heavy (non-hydrogen) atoms. The second-order valence-corrected chi connectivity index (χ2v) is 5.37. The van der Waals surface area contributed by atoms with Crippen molar-refractivity contribution in [1.82, 2.24) is 4.90 Å². The van der Waals surface area contributed by atoms with Crippen molar-refractivity contribution in [3.8, 4) is 0 Å². The molecule has 0 aliphatic carbocycles. The molecule has 0 aromatic heterocycles. The quantitative estimate of drug-likeness (QED) is 0.726. The molecule has 0 spiro atoms. The minimum absolute atomic E-state index is 0.0483. The van der Waals surface area contributed by atoms with Gasteiger partial charge in [-0.1, -0.05) is 15.9 Å². The SMILES string of the molecule is O=C(C1CCSC1)N(CCBr)CC(F)F. The van der Waals surface area contributed by atoms with Crippen molar-refractivity contribution in [1.29, 1.82) is 0 Å². The van der Waals surface area contributed by atoms with Crippen LogP contribution in [0, 0.1) is 5.92 Å². The molecule has 1 heterocycles. The van der Waals surface area contributed by atoms with Crippen LogP contribution in [0.1, 0.15) is 6.42 Å². The van der Waals surface area contributed by atoms with E-state index in [0.29, 0.717) is 11.9 Å². The van der Waals surface area contributed by atoms with E-state index in [1.54, 1.807) is 11.8 Å². The molecule has 88 valence electrons. The zero-order chi connectivity index (χ0) is 11.3. The van der Waals surface area contributed by atoms with Crippen molar-refractivity contribution in [2.75, 3.05) is 29.9 Å². The minimum atomic E-state index is -2.44. The van der Waals surface area contributed by atoms with Gasteiger partial charge in [-0.3, -0.25) is 4.79 Å². The Morgan fingerprint density at radius 2 is 2.33 bits per heavy atom. The number of rotatable bonds is 5. The van der Waals surface area contributed by atoms with Crippen LogP contribution in [0.25, 0.3) is 0 Å². The van der Waals surface area contributed by atoms with Crippen LogP contribution in [0.5, 0.6) is 0 Å². The Bertz CT molecular complexity index is 212. The van der Waals surface area contributed by atoms with E-state index in [4.69, 9.17) is 0 Å². The molecule has 1 unspecified atom stereocenters. The molecule has 1 rings (SSSR count). The standard InChI is InChI=1S/C9H14BrF2NOS/c10-2-3-13(5-8(11)12)9(14)7-1-4-15-6-7/h7-8H,1-6H2. The lowest BCUT2D eigenvalue weighted by Crippen LogP contribution is -2.40. The van der Waals surface area contributed by atoms with Crippen LogP contribution in [0.3, 0.4) is 0 Å². The van der Waals surface area contributed by atoms with Gasteiger partial charge in [0.25, 0.3) is 6.43 Å². The Hall–Kier alpha value is 0.160. The molecular formula is C9H14BrF2NOS. The number of halogens is 3. The van der Waals surface area contributed by atoms with Gasteiger partial charge in [-0.25, -0.2) is 8.78 Å². The average Bonchev–Trinajstić information content (AvgIpc) is 2.68. The Morgan fingerprint density at radius 3 is 2.80 bits per heavy atom. The van der Waals surface area contributed by atoms with Crippen LogP contribution >= 0.6 is 27.7 Å². The molecule has 0 radical (unpaired) electrons. The van der Waals surface area contributed by atoms with Crippen molar-refractivity contribution in [2.45, 2.75) is 12.8 Å². The Morgan fingerprint density at radius 1 is 1.60 bits per heavy atom. The highest BCUT2D eigenvalue weighted by molar-refractivity contribution is 9.09. The number of carbonyl (C=O) groups excluding carboxylic acids is 1. The number of hydrogen-bond donors (Lipinski definition) is 0. The van der Waals surface area contributed by atoms with Crippen molar-refractivity contribution >= 4 is 33.6 Å². The third-order valence-corrected chi connectivity index (χ3v) is 3.82. The van der Waals surface area contributed by atoms with Crippen molar-refractivity contribution in [3.63, 3.8) is 0 Å². The van der Waals surface area contributed by atoms with Crippen molar-refractivity contribution in [2.24, 2.45) is 5.92 Å². The highest BCUT2D eigenvalue weighted by atomic mass is 79.9. The maximum absolute atomic E-state index is 12.2.